The number of fused-ring (bicyclic) bond motifs is 1. The Balaban J connectivity index is 2.46. The summed E-state index contributed by atoms with van der Waals surface area (Å²) in [5.74, 6) is 1.72. The van der Waals surface area contributed by atoms with Crippen LogP contribution in [-0.2, 0) is 6.54 Å². The topological polar surface area (TPSA) is 42.2 Å². The maximum Gasteiger partial charge on any atom is 0.136 e. The number of rotatable bonds is 5. The molecule has 1 atom stereocenters. The fourth-order valence-corrected chi connectivity index (χ4v) is 2.66. The molecule has 0 aliphatic heterocycles. The van der Waals surface area contributed by atoms with Crippen LogP contribution in [0.4, 0.5) is 5.82 Å². The molecule has 0 bridgehead atoms. The summed E-state index contributed by atoms with van der Waals surface area (Å²) in [5, 5.41) is 2.41. The molecule has 0 spiro atoms. The van der Waals surface area contributed by atoms with Crippen molar-refractivity contribution >= 4 is 16.6 Å². The Kier molecular flexibility index (Phi) is 4.61. The number of hydrogen-bond donors (Lipinski definition) is 1. The van der Waals surface area contributed by atoms with Gasteiger partial charge < -0.3 is 10.6 Å². The third kappa shape index (κ3) is 3.10. The Morgan fingerprint density at radius 2 is 1.90 bits per heavy atom. The second kappa shape index (κ2) is 6.23. The first kappa shape index (κ1) is 14.8. The number of aromatic nitrogens is 1. The van der Waals surface area contributed by atoms with Crippen LogP contribution in [0.15, 0.2) is 30.3 Å². The van der Waals surface area contributed by atoms with Crippen LogP contribution in [0.3, 0.4) is 0 Å². The monoisotopic (exact) mass is 271 g/mol. The molecule has 1 aromatic heterocycles. The highest BCUT2D eigenvalue weighted by Gasteiger charge is 2.16. The normalized spacial score (nSPS) is 12.9. The van der Waals surface area contributed by atoms with Crippen LogP contribution in [0.25, 0.3) is 10.8 Å². The smallest absolute Gasteiger partial charge is 0.136 e. The predicted octanol–water partition coefficient (Wildman–Crippen LogP) is 3.56. The number of pyridine rings is 1. The average Bonchev–Trinajstić information content (AvgIpc) is 2.44. The minimum atomic E-state index is 0.457. The number of hydrogen-bond acceptors (Lipinski definition) is 3. The molecule has 2 aromatic rings. The molecule has 3 nitrogen and oxygen atoms in total. The van der Waals surface area contributed by atoms with E-state index in [1.54, 1.807) is 0 Å². The van der Waals surface area contributed by atoms with Crippen LogP contribution >= 0.6 is 0 Å². The molecule has 20 heavy (non-hydrogen) atoms. The molecule has 0 fully saturated rings. The number of anilines is 1. The van der Waals surface area contributed by atoms with Gasteiger partial charge in [0.2, 0.25) is 0 Å². The Morgan fingerprint density at radius 1 is 1.20 bits per heavy atom. The third-order valence-electron chi connectivity index (χ3n) is 3.79. The van der Waals surface area contributed by atoms with Crippen molar-refractivity contribution in [2.45, 2.75) is 39.8 Å². The summed E-state index contributed by atoms with van der Waals surface area (Å²) in [5.41, 5.74) is 6.73. The van der Waals surface area contributed by atoms with Gasteiger partial charge in [-0.2, -0.15) is 0 Å². The lowest BCUT2D eigenvalue weighted by Crippen LogP contribution is -2.31. The van der Waals surface area contributed by atoms with E-state index >= 15 is 0 Å². The molecule has 0 saturated heterocycles. The fraction of sp³-hybridized carbons (Fsp3) is 0.471. The molecule has 2 rings (SSSR count). The lowest BCUT2D eigenvalue weighted by atomic mass is 10.0. The molecule has 3 heteroatoms. The van der Waals surface area contributed by atoms with Crippen LogP contribution in [0.5, 0.6) is 0 Å². The SMILES string of the molecule is CC(C)CC(C)N(C)c1nc(CN)cc2ccccc12. The first-order valence-corrected chi connectivity index (χ1v) is 7.34. The maximum atomic E-state index is 5.79. The summed E-state index contributed by atoms with van der Waals surface area (Å²) >= 11 is 0. The van der Waals surface area contributed by atoms with Crippen molar-refractivity contribution in [1.29, 1.82) is 0 Å². The summed E-state index contributed by atoms with van der Waals surface area (Å²) in [4.78, 5) is 7.03. The molecule has 0 aliphatic rings. The van der Waals surface area contributed by atoms with Crippen LogP contribution in [0.2, 0.25) is 0 Å². The second-order valence-electron chi connectivity index (χ2n) is 5.95. The van der Waals surface area contributed by atoms with Crippen LogP contribution < -0.4 is 10.6 Å². The highest BCUT2D eigenvalue weighted by molar-refractivity contribution is 5.92. The van der Waals surface area contributed by atoms with E-state index in [0.29, 0.717) is 18.5 Å². The Hall–Kier alpha value is -1.61. The molecule has 1 aromatic carbocycles. The van der Waals surface area contributed by atoms with Gasteiger partial charge in [0.05, 0.1) is 5.69 Å². The largest absolute Gasteiger partial charge is 0.356 e. The van der Waals surface area contributed by atoms with E-state index in [0.717, 1.165) is 17.9 Å². The Morgan fingerprint density at radius 3 is 2.55 bits per heavy atom. The van der Waals surface area contributed by atoms with Gasteiger partial charge in [-0.3, -0.25) is 0 Å². The predicted molar refractivity (Wildman–Crippen MR) is 87.0 cm³/mol. The minimum Gasteiger partial charge on any atom is -0.356 e. The summed E-state index contributed by atoms with van der Waals surface area (Å²) in [7, 11) is 2.13. The van der Waals surface area contributed by atoms with Gasteiger partial charge in [0, 0.05) is 25.0 Å². The summed E-state index contributed by atoms with van der Waals surface area (Å²) in [6.07, 6.45) is 1.15. The van der Waals surface area contributed by atoms with Gasteiger partial charge >= 0.3 is 0 Å². The Labute approximate surface area is 121 Å². The summed E-state index contributed by atoms with van der Waals surface area (Å²) in [6.45, 7) is 7.24. The summed E-state index contributed by atoms with van der Waals surface area (Å²) in [6, 6.07) is 10.9. The zero-order valence-electron chi connectivity index (χ0n) is 12.9. The first-order chi connectivity index (χ1) is 9.52. The lowest BCUT2D eigenvalue weighted by molar-refractivity contribution is 0.502. The highest BCUT2D eigenvalue weighted by Crippen LogP contribution is 2.27. The molecule has 108 valence electrons. The minimum absolute atomic E-state index is 0.457. The van der Waals surface area contributed by atoms with E-state index in [-0.39, 0.29) is 0 Å². The van der Waals surface area contributed by atoms with E-state index in [2.05, 4.69) is 63.1 Å². The zero-order chi connectivity index (χ0) is 14.7. The number of nitrogens with zero attached hydrogens (tertiary/aromatic N) is 2. The molecule has 0 saturated carbocycles. The van der Waals surface area contributed by atoms with E-state index in [1.165, 1.54) is 10.8 Å². The van der Waals surface area contributed by atoms with Gasteiger partial charge in [0.25, 0.3) is 0 Å². The van der Waals surface area contributed by atoms with Crippen molar-refractivity contribution in [3.63, 3.8) is 0 Å². The molecular formula is C17H25N3. The van der Waals surface area contributed by atoms with Gasteiger partial charge in [0.15, 0.2) is 0 Å². The highest BCUT2D eigenvalue weighted by atomic mass is 15.2. The van der Waals surface area contributed by atoms with Crippen molar-refractivity contribution in [1.82, 2.24) is 4.98 Å². The standard InChI is InChI=1S/C17H25N3/c1-12(2)9-13(3)20(4)17-16-8-6-5-7-14(16)10-15(11-18)19-17/h5-8,10,12-13H,9,11,18H2,1-4H3. The zero-order valence-corrected chi connectivity index (χ0v) is 12.9. The van der Waals surface area contributed by atoms with Crippen molar-refractivity contribution in [2.24, 2.45) is 11.7 Å². The van der Waals surface area contributed by atoms with E-state index in [1.807, 2.05) is 0 Å². The first-order valence-electron chi connectivity index (χ1n) is 7.34. The van der Waals surface area contributed by atoms with Crippen molar-refractivity contribution in [3.05, 3.63) is 36.0 Å². The average molecular weight is 271 g/mol. The molecule has 0 aliphatic carbocycles. The summed E-state index contributed by atoms with van der Waals surface area (Å²) < 4.78 is 0. The quantitative estimate of drug-likeness (QED) is 0.904. The Bertz CT molecular complexity index is 577. The third-order valence-corrected chi connectivity index (χ3v) is 3.79. The van der Waals surface area contributed by atoms with Gasteiger partial charge in [-0.05, 0) is 30.7 Å². The second-order valence-corrected chi connectivity index (χ2v) is 5.95. The van der Waals surface area contributed by atoms with Gasteiger partial charge in [-0.15, -0.1) is 0 Å². The van der Waals surface area contributed by atoms with Gasteiger partial charge in [-0.1, -0.05) is 38.1 Å². The molecule has 1 heterocycles. The molecule has 1 unspecified atom stereocenters. The van der Waals surface area contributed by atoms with Crippen molar-refractivity contribution in [2.75, 3.05) is 11.9 Å². The van der Waals surface area contributed by atoms with Gasteiger partial charge in [-0.25, -0.2) is 4.98 Å². The van der Waals surface area contributed by atoms with Crippen LogP contribution in [0, 0.1) is 5.92 Å². The van der Waals surface area contributed by atoms with Gasteiger partial charge in [0.1, 0.15) is 5.82 Å². The van der Waals surface area contributed by atoms with Crippen molar-refractivity contribution < 1.29 is 0 Å². The lowest BCUT2D eigenvalue weighted by Gasteiger charge is -2.28. The molecule has 2 N–H and O–H groups in total. The van der Waals surface area contributed by atoms with Crippen LogP contribution in [-0.4, -0.2) is 18.1 Å². The van der Waals surface area contributed by atoms with Crippen molar-refractivity contribution in [3.8, 4) is 0 Å². The van der Waals surface area contributed by atoms with E-state index < -0.39 is 0 Å². The number of benzene rings is 1. The molecular weight excluding hydrogens is 246 g/mol. The number of nitrogens with two attached hydrogens (primary N) is 1. The maximum absolute atomic E-state index is 5.79. The van der Waals surface area contributed by atoms with Crippen LogP contribution in [0.1, 0.15) is 32.9 Å². The van der Waals surface area contributed by atoms with E-state index in [4.69, 9.17) is 10.7 Å². The van der Waals surface area contributed by atoms with E-state index in [9.17, 15) is 0 Å². The fourth-order valence-electron chi connectivity index (χ4n) is 2.66. The molecule has 0 radical (unpaired) electrons. The molecule has 0 amide bonds.